The lowest BCUT2D eigenvalue weighted by molar-refractivity contribution is 0.679. The van der Waals surface area contributed by atoms with Gasteiger partial charge in [0.1, 0.15) is 0 Å². The summed E-state index contributed by atoms with van der Waals surface area (Å²) in [6.45, 7) is 2.14. The number of hydrogen-bond donors (Lipinski definition) is 1. The Morgan fingerprint density at radius 1 is 1.00 bits per heavy atom. The predicted molar refractivity (Wildman–Crippen MR) is 76.7 cm³/mol. The maximum Gasteiger partial charge on any atom is 0.0542 e. The highest BCUT2D eigenvalue weighted by Crippen LogP contribution is 2.42. The highest BCUT2D eigenvalue weighted by Gasteiger charge is 2.32. The smallest absolute Gasteiger partial charge is 0.0542 e. The number of anilines is 1. The lowest BCUT2D eigenvalue weighted by atomic mass is 10.0. The minimum atomic E-state index is 0.466. The quantitative estimate of drug-likeness (QED) is 0.822. The molecule has 0 saturated heterocycles. The zero-order chi connectivity index (χ0) is 12.4. The summed E-state index contributed by atoms with van der Waals surface area (Å²) in [5, 5.41) is 3.70. The van der Waals surface area contributed by atoms with Gasteiger partial charge in [-0.05, 0) is 48.9 Å². The van der Waals surface area contributed by atoms with Gasteiger partial charge in [0.2, 0.25) is 0 Å². The van der Waals surface area contributed by atoms with E-state index in [0.29, 0.717) is 6.04 Å². The van der Waals surface area contributed by atoms with Gasteiger partial charge >= 0.3 is 0 Å². The van der Waals surface area contributed by atoms with E-state index in [-0.39, 0.29) is 0 Å². The summed E-state index contributed by atoms with van der Waals surface area (Å²) < 4.78 is 0. The van der Waals surface area contributed by atoms with Crippen molar-refractivity contribution in [1.29, 1.82) is 0 Å². The highest BCUT2D eigenvalue weighted by atomic mass is 14.9. The number of rotatable bonds is 4. The van der Waals surface area contributed by atoms with Crippen LogP contribution >= 0.6 is 0 Å². The molecule has 92 valence electrons. The van der Waals surface area contributed by atoms with Gasteiger partial charge in [0.25, 0.3) is 0 Å². The second kappa shape index (κ2) is 4.85. The molecule has 1 heteroatoms. The van der Waals surface area contributed by atoms with E-state index in [1.54, 1.807) is 0 Å². The molecule has 0 heterocycles. The molecule has 0 spiro atoms. The van der Waals surface area contributed by atoms with Gasteiger partial charge in [0, 0.05) is 5.69 Å². The topological polar surface area (TPSA) is 12.0 Å². The van der Waals surface area contributed by atoms with Crippen LogP contribution in [0.4, 0.5) is 5.69 Å². The zero-order valence-corrected chi connectivity index (χ0v) is 10.8. The first-order valence-corrected chi connectivity index (χ1v) is 6.71. The SMILES string of the molecule is Cc1cccc(NC(c2ccccc2)C2CC2)c1. The first-order valence-electron chi connectivity index (χ1n) is 6.71. The van der Waals surface area contributed by atoms with Crippen LogP contribution in [0.1, 0.15) is 30.0 Å². The van der Waals surface area contributed by atoms with Crippen LogP contribution in [0.25, 0.3) is 0 Å². The molecule has 1 N–H and O–H groups in total. The van der Waals surface area contributed by atoms with E-state index in [4.69, 9.17) is 0 Å². The minimum absolute atomic E-state index is 0.466. The first-order chi connectivity index (χ1) is 8.83. The fourth-order valence-electron chi connectivity index (χ4n) is 2.48. The third-order valence-corrected chi connectivity index (χ3v) is 3.59. The van der Waals surface area contributed by atoms with Crippen LogP contribution in [0.5, 0.6) is 0 Å². The molecule has 0 amide bonds. The van der Waals surface area contributed by atoms with Crippen molar-refractivity contribution in [3.8, 4) is 0 Å². The molecule has 0 aromatic heterocycles. The molecule has 1 atom stereocenters. The van der Waals surface area contributed by atoms with Gasteiger partial charge in [-0.25, -0.2) is 0 Å². The summed E-state index contributed by atoms with van der Waals surface area (Å²) in [4.78, 5) is 0. The fourth-order valence-corrected chi connectivity index (χ4v) is 2.48. The standard InChI is InChI=1S/C17H19N/c1-13-6-5-9-16(12-13)18-17(15-10-11-15)14-7-3-2-4-8-14/h2-9,12,15,17-18H,10-11H2,1H3. The molecule has 1 unspecified atom stereocenters. The molecule has 0 bridgehead atoms. The predicted octanol–water partition coefficient (Wildman–Crippen LogP) is 4.56. The second-order valence-corrected chi connectivity index (χ2v) is 5.24. The van der Waals surface area contributed by atoms with Gasteiger partial charge in [-0.3, -0.25) is 0 Å². The van der Waals surface area contributed by atoms with Crippen LogP contribution in [0.3, 0.4) is 0 Å². The zero-order valence-electron chi connectivity index (χ0n) is 10.8. The highest BCUT2D eigenvalue weighted by molar-refractivity contribution is 5.48. The summed E-state index contributed by atoms with van der Waals surface area (Å²) >= 11 is 0. The Balaban J connectivity index is 1.83. The summed E-state index contributed by atoms with van der Waals surface area (Å²) in [5.74, 6) is 0.799. The van der Waals surface area contributed by atoms with Crippen LogP contribution in [0, 0.1) is 12.8 Å². The van der Waals surface area contributed by atoms with Gasteiger partial charge in [0.15, 0.2) is 0 Å². The average Bonchev–Trinajstić information content (AvgIpc) is 3.21. The number of aryl methyl sites for hydroxylation is 1. The normalized spacial score (nSPS) is 16.3. The lowest BCUT2D eigenvalue weighted by Gasteiger charge is -2.20. The van der Waals surface area contributed by atoms with E-state index in [1.165, 1.54) is 29.7 Å². The number of hydrogen-bond acceptors (Lipinski definition) is 1. The van der Waals surface area contributed by atoms with E-state index in [9.17, 15) is 0 Å². The average molecular weight is 237 g/mol. The molecule has 0 radical (unpaired) electrons. The van der Waals surface area contributed by atoms with Crippen LogP contribution in [-0.4, -0.2) is 0 Å². The molecule has 1 aliphatic carbocycles. The van der Waals surface area contributed by atoms with Crippen molar-refractivity contribution in [1.82, 2.24) is 0 Å². The molecule has 3 rings (SSSR count). The molecule has 1 aliphatic rings. The Morgan fingerprint density at radius 2 is 1.78 bits per heavy atom. The number of nitrogens with one attached hydrogen (secondary N) is 1. The largest absolute Gasteiger partial charge is 0.378 e. The second-order valence-electron chi connectivity index (χ2n) is 5.24. The maximum atomic E-state index is 3.70. The van der Waals surface area contributed by atoms with Crippen LogP contribution in [0.2, 0.25) is 0 Å². The Morgan fingerprint density at radius 3 is 2.44 bits per heavy atom. The molecule has 2 aromatic carbocycles. The van der Waals surface area contributed by atoms with E-state index >= 15 is 0 Å². The first kappa shape index (κ1) is 11.3. The van der Waals surface area contributed by atoms with Crippen molar-refractivity contribution in [3.05, 3.63) is 65.7 Å². The van der Waals surface area contributed by atoms with Gasteiger partial charge < -0.3 is 5.32 Å². The van der Waals surface area contributed by atoms with Crippen LogP contribution in [0.15, 0.2) is 54.6 Å². The molecule has 1 nitrogen and oxygen atoms in total. The molecule has 18 heavy (non-hydrogen) atoms. The maximum absolute atomic E-state index is 3.70. The molecule has 1 saturated carbocycles. The molecular weight excluding hydrogens is 218 g/mol. The monoisotopic (exact) mass is 237 g/mol. The van der Waals surface area contributed by atoms with Gasteiger partial charge in [-0.2, -0.15) is 0 Å². The Hall–Kier alpha value is -1.76. The van der Waals surface area contributed by atoms with Crippen molar-refractivity contribution in [3.63, 3.8) is 0 Å². The fraction of sp³-hybridized carbons (Fsp3) is 0.294. The van der Waals surface area contributed by atoms with Crippen LogP contribution < -0.4 is 5.32 Å². The van der Waals surface area contributed by atoms with E-state index in [2.05, 4.69) is 66.8 Å². The van der Waals surface area contributed by atoms with E-state index in [1.807, 2.05) is 0 Å². The van der Waals surface area contributed by atoms with Crippen molar-refractivity contribution >= 4 is 5.69 Å². The van der Waals surface area contributed by atoms with Gasteiger partial charge in [-0.15, -0.1) is 0 Å². The van der Waals surface area contributed by atoms with E-state index in [0.717, 1.165) is 5.92 Å². The van der Waals surface area contributed by atoms with Crippen molar-refractivity contribution in [2.24, 2.45) is 5.92 Å². The molecular formula is C17H19N. The molecule has 1 fully saturated rings. The summed E-state index contributed by atoms with van der Waals surface area (Å²) in [6.07, 6.45) is 2.69. The summed E-state index contributed by atoms with van der Waals surface area (Å²) in [7, 11) is 0. The third kappa shape index (κ3) is 2.56. The summed E-state index contributed by atoms with van der Waals surface area (Å²) in [5.41, 5.74) is 3.94. The molecule has 0 aliphatic heterocycles. The Labute approximate surface area is 109 Å². The van der Waals surface area contributed by atoms with Gasteiger partial charge in [0.05, 0.1) is 6.04 Å². The minimum Gasteiger partial charge on any atom is -0.378 e. The lowest BCUT2D eigenvalue weighted by Crippen LogP contribution is -2.12. The van der Waals surface area contributed by atoms with Gasteiger partial charge in [-0.1, -0.05) is 42.5 Å². The van der Waals surface area contributed by atoms with E-state index < -0.39 is 0 Å². The van der Waals surface area contributed by atoms with Crippen molar-refractivity contribution < 1.29 is 0 Å². The van der Waals surface area contributed by atoms with Crippen molar-refractivity contribution in [2.45, 2.75) is 25.8 Å². The van der Waals surface area contributed by atoms with Crippen LogP contribution in [-0.2, 0) is 0 Å². The Kier molecular flexibility index (Phi) is 3.06. The van der Waals surface area contributed by atoms with Crippen molar-refractivity contribution in [2.75, 3.05) is 5.32 Å². The Bertz CT molecular complexity index is 514. The third-order valence-electron chi connectivity index (χ3n) is 3.59. The number of benzene rings is 2. The molecule has 2 aromatic rings. The summed E-state index contributed by atoms with van der Waals surface area (Å²) in [6, 6.07) is 19.9.